The van der Waals surface area contributed by atoms with Crippen molar-refractivity contribution in [1.29, 1.82) is 0 Å². The molecule has 1 aliphatic rings. The Hall–Kier alpha value is -1.66. The van der Waals surface area contributed by atoms with Gasteiger partial charge in [0.2, 0.25) is 11.8 Å². The van der Waals surface area contributed by atoms with Crippen molar-refractivity contribution in [2.45, 2.75) is 49.2 Å². The third-order valence-corrected chi connectivity index (χ3v) is 6.63. The number of benzene rings is 1. The first-order chi connectivity index (χ1) is 11.6. The highest BCUT2D eigenvalue weighted by molar-refractivity contribution is 7.87. The zero-order valence-electron chi connectivity index (χ0n) is 14.7. The number of amides is 1. The highest BCUT2D eigenvalue weighted by Crippen LogP contribution is 2.36. The molecule has 1 aromatic carbocycles. The summed E-state index contributed by atoms with van der Waals surface area (Å²) in [6.07, 6.45) is 0.479. The van der Waals surface area contributed by atoms with E-state index in [1.54, 1.807) is 37.3 Å². The van der Waals surface area contributed by atoms with Crippen LogP contribution in [0.2, 0.25) is 5.02 Å². The summed E-state index contributed by atoms with van der Waals surface area (Å²) in [5.74, 6) is 0.198. The van der Waals surface area contributed by atoms with Gasteiger partial charge in [-0.25, -0.2) is 0 Å². The first-order valence-electron chi connectivity index (χ1n) is 8.09. The molecule has 2 heterocycles. The Morgan fingerprint density at radius 3 is 2.48 bits per heavy atom. The maximum atomic E-state index is 13.0. The average molecular weight is 381 g/mol. The van der Waals surface area contributed by atoms with Crippen LogP contribution >= 0.6 is 11.6 Å². The molecule has 0 bridgehead atoms. The van der Waals surface area contributed by atoms with Gasteiger partial charge < -0.3 is 4.52 Å². The minimum Gasteiger partial charge on any atom is -0.338 e. The van der Waals surface area contributed by atoms with E-state index in [1.807, 2.05) is 20.8 Å². The van der Waals surface area contributed by atoms with Crippen LogP contribution in [-0.2, 0) is 21.0 Å². The quantitative estimate of drug-likeness (QED) is 0.809. The van der Waals surface area contributed by atoms with Crippen molar-refractivity contribution in [2.75, 3.05) is 11.4 Å². The molecular formula is C18H21ClN2O3S. The minimum absolute atomic E-state index is 0.167. The molecule has 1 amide bonds. The lowest BCUT2D eigenvalue weighted by Crippen LogP contribution is -2.41. The number of hydrogen-bond acceptors (Lipinski definition) is 4. The SMILES string of the molecule is CC(C)(C)c1cc(N2CCC(C)(S(=O)c3ccc(Cl)cc3)C2=O)on1. The van der Waals surface area contributed by atoms with Crippen molar-refractivity contribution >= 4 is 34.2 Å². The molecule has 25 heavy (non-hydrogen) atoms. The number of anilines is 1. The summed E-state index contributed by atoms with van der Waals surface area (Å²) in [7, 11) is -1.48. The van der Waals surface area contributed by atoms with Gasteiger partial charge in [-0.15, -0.1) is 0 Å². The van der Waals surface area contributed by atoms with Gasteiger partial charge in [0.05, 0.1) is 16.5 Å². The minimum atomic E-state index is -1.48. The molecule has 1 fully saturated rings. The highest BCUT2D eigenvalue weighted by atomic mass is 35.5. The van der Waals surface area contributed by atoms with Crippen molar-refractivity contribution in [3.05, 3.63) is 41.0 Å². The molecule has 134 valence electrons. The molecule has 3 rings (SSSR count). The number of hydrogen-bond donors (Lipinski definition) is 0. The Morgan fingerprint density at radius 1 is 1.28 bits per heavy atom. The van der Waals surface area contributed by atoms with Gasteiger partial charge in [0.25, 0.3) is 0 Å². The number of rotatable bonds is 3. The molecular weight excluding hydrogens is 360 g/mol. The van der Waals surface area contributed by atoms with Crippen molar-refractivity contribution in [3.63, 3.8) is 0 Å². The molecule has 0 radical (unpaired) electrons. The fourth-order valence-electron chi connectivity index (χ4n) is 2.77. The molecule has 5 nitrogen and oxygen atoms in total. The summed E-state index contributed by atoms with van der Waals surface area (Å²) in [5.41, 5.74) is 0.614. The normalized spacial score (nSPS) is 22.4. The van der Waals surface area contributed by atoms with Gasteiger partial charge in [-0.05, 0) is 37.6 Å². The maximum absolute atomic E-state index is 13.0. The second kappa shape index (κ2) is 6.25. The topological polar surface area (TPSA) is 63.4 Å². The molecule has 1 aromatic heterocycles. The maximum Gasteiger partial charge on any atom is 0.248 e. The second-order valence-corrected chi connectivity index (χ2v) is 9.81. The summed E-state index contributed by atoms with van der Waals surface area (Å²) >= 11 is 5.89. The molecule has 2 unspecified atom stereocenters. The predicted octanol–water partition coefficient (Wildman–Crippen LogP) is 3.93. The Balaban J connectivity index is 1.86. The monoisotopic (exact) mass is 380 g/mol. The van der Waals surface area contributed by atoms with E-state index in [1.165, 1.54) is 4.90 Å². The van der Waals surface area contributed by atoms with Gasteiger partial charge in [0, 0.05) is 27.9 Å². The van der Waals surface area contributed by atoms with E-state index < -0.39 is 15.5 Å². The summed E-state index contributed by atoms with van der Waals surface area (Å²) in [6, 6.07) is 8.55. The Bertz CT molecular complexity index is 826. The van der Waals surface area contributed by atoms with Crippen LogP contribution in [-0.4, -0.2) is 26.6 Å². The Kier molecular flexibility index (Phi) is 4.54. The molecule has 1 aliphatic heterocycles. The van der Waals surface area contributed by atoms with Crippen molar-refractivity contribution in [3.8, 4) is 0 Å². The van der Waals surface area contributed by atoms with E-state index in [9.17, 15) is 9.00 Å². The van der Waals surface area contributed by atoms with Crippen molar-refractivity contribution in [2.24, 2.45) is 0 Å². The fraction of sp³-hybridized carbons (Fsp3) is 0.444. The van der Waals surface area contributed by atoms with Crippen LogP contribution in [0.4, 0.5) is 5.88 Å². The van der Waals surface area contributed by atoms with Gasteiger partial charge in [-0.3, -0.25) is 13.9 Å². The van der Waals surface area contributed by atoms with E-state index in [4.69, 9.17) is 16.1 Å². The lowest BCUT2D eigenvalue weighted by atomic mass is 9.92. The lowest BCUT2D eigenvalue weighted by molar-refractivity contribution is -0.119. The summed E-state index contributed by atoms with van der Waals surface area (Å²) in [4.78, 5) is 15.1. The molecule has 0 aliphatic carbocycles. The summed E-state index contributed by atoms with van der Waals surface area (Å²) < 4.78 is 17.4. The molecule has 2 aromatic rings. The van der Waals surface area contributed by atoms with Crippen LogP contribution in [0.15, 0.2) is 39.8 Å². The van der Waals surface area contributed by atoms with E-state index in [-0.39, 0.29) is 11.3 Å². The van der Waals surface area contributed by atoms with Crippen molar-refractivity contribution < 1.29 is 13.5 Å². The van der Waals surface area contributed by atoms with Gasteiger partial charge in [-0.1, -0.05) is 37.5 Å². The van der Waals surface area contributed by atoms with Gasteiger partial charge in [-0.2, -0.15) is 0 Å². The number of aromatic nitrogens is 1. The zero-order valence-corrected chi connectivity index (χ0v) is 16.3. The van der Waals surface area contributed by atoms with Crippen LogP contribution in [0.3, 0.4) is 0 Å². The fourth-order valence-corrected chi connectivity index (χ4v) is 4.34. The number of halogens is 1. The lowest BCUT2D eigenvalue weighted by Gasteiger charge is -2.21. The first kappa shape index (κ1) is 18.1. The molecule has 0 N–H and O–H groups in total. The van der Waals surface area contributed by atoms with E-state index in [0.717, 1.165) is 5.69 Å². The smallest absolute Gasteiger partial charge is 0.248 e. The Morgan fingerprint density at radius 2 is 1.92 bits per heavy atom. The summed E-state index contributed by atoms with van der Waals surface area (Å²) in [6.45, 7) is 8.27. The van der Waals surface area contributed by atoms with Crippen LogP contribution < -0.4 is 4.90 Å². The van der Waals surface area contributed by atoms with E-state index in [2.05, 4.69) is 5.16 Å². The van der Waals surface area contributed by atoms with Gasteiger partial charge >= 0.3 is 0 Å². The zero-order chi connectivity index (χ0) is 18.4. The van der Waals surface area contributed by atoms with Crippen LogP contribution in [0.25, 0.3) is 0 Å². The number of carbonyl (C=O) groups is 1. The number of nitrogens with zero attached hydrogens (tertiary/aromatic N) is 2. The number of carbonyl (C=O) groups excluding carboxylic acids is 1. The predicted molar refractivity (Wildman–Crippen MR) is 98.4 cm³/mol. The molecule has 2 atom stereocenters. The largest absolute Gasteiger partial charge is 0.338 e. The van der Waals surface area contributed by atoms with Crippen molar-refractivity contribution in [1.82, 2.24) is 5.16 Å². The highest BCUT2D eigenvalue weighted by Gasteiger charge is 2.49. The second-order valence-electron chi connectivity index (χ2n) is 7.46. The third-order valence-electron chi connectivity index (χ3n) is 4.48. The van der Waals surface area contributed by atoms with Crippen LogP contribution in [0, 0.1) is 0 Å². The molecule has 7 heteroatoms. The molecule has 0 saturated carbocycles. The van der Waals surface area contributed by atoms with Gasteiger partial charge in [0.15, 0.2) is 0 Å². The first-order valence-corrected chi connectivity index (χ1v) is 9.62. The molecule has 1 saturated heterocycles. The molecule has 0 spiro atoms. The van der Waals surface area contributed by atoms with Crippen LogP contribution in [0.5, 0.6) is 0 Å². The van der Waals surface area contributed by atoms with Crippen LogP contribution in [0.1, 0.15) is 39.8 Å². The van der Waals surface area contributed by atoms with E-state index in [0.29, 0.717) is 28.8 Å². The Labute approximate surface area is 154 Å². The standard InChI is InChI=1S/C18H21ClN2O3S/c1-17(2,3)14-11-15(24-20-14)21-10-9-18(4,16(21)22)25(23)13-7-5-12(19)6-8-13/h5-8,11H,9-10H2,1-4H3. The third kappa shape index (κ3) is 3.25. The van der Waals surface area contributed by atoms with E-state index >= 15 is 0 Å². The summed E-state index contributed by atoms with van der Waals surface area (Å²) in [5, 5.41) is 4.64. The van der Waals surface area contributed by atoms with Gasteiger partial charge in [0.1, 0.15) is 4.75 Å². The average Bonchev–Trinajstić information content (AvgIpc) is 3.14.